The van der Waals surface area contributed by atoms with Gasteiger partial charge in [0.2, 0.25) is 0 Å². The van der Waals surface area contributed by atoms with Crippen molar-refractivity contribution in [3.8, 4) is 11.8 Å². The van der Waals surface area contributed by atoms with Crippen molar-refractivity contribution in [2.75, 3.05) is 6.61 Å². The highest BCUT2D eigenvalue weighted by molar-refractivity contribution is 5.93. The van der Waals surface area contributed by atoms with Crippen LogP contribution in [0.25, 0.3) is 10.9 Å². The van der Waals surface area contributed by atoms with Crippen LogP contribution in [0.2, 0.25) is 0 Å². The highest BCUT2D eigenvalue weighted by atomic mass is 19.1. The molecule has 1 saturated heterocycles. The number of nitrogens with zero attached hydrogens (tertiary/aromatic N) is 3. The summed E-state index contributed by atoms with van der Waals surface area (Å²) in [5, 5.41) is 4.15. The molecule has 1 unspecified atom stereocenters. The third-order valence-corrected chi connectivity index (χ3v) is 7.29. The number of para-hydroxylation sites is 1. The number of fused-ring (bicyclic) bond motifs is 2. The van der Waals surface area contributed by atoms with E-state index in [1.165, 1.54) is 0 Å². The van der Waals surface area contributed by atoms with Gasteiger partial charge in [0.25, 0.3) is 5.91 Å². The van der Waals surface area contributed by atoms with E-state index in [0.29, 0.717) is 11.4 Å². The minimum absolute atomic E-state index is 0.210. The van der Waals surface area contributed by atoms with E-state index in [-0.39, 0.29) is 36.6 Å². The lowest BCUT2D eigenvalue weighted by Gasteiger charge is -2.23. The predicted molar refractivity (Wildman–Crippen MR) is 142 cm³/mol. The number of aromatic nitrogens is 4. The molecule has 1 amide bonds. The second-order valence-corrected chi connectivity index (χ2v) is 10.3. The second-order valence-electron chi connectivity index (χ2n) is 10.3. The number of aromatic amines is 1. The van der Waals surface area contributed by atoms with Crippen molar-refractivity contribution in [1.82, 2.24) is 24.8 Å². The van der Waals surface area contributed by atoms with Crippen LogP contribution in [0.4, 0.5) is 4.39 Å². The van der Waals surface area contributed by atoms with Crippen molar-refractivity contribution >= 4 is 16.8 Å². The van der Waals surface area contributed by atoms with Crippen molar-refractivity contribution in [1.29, 1.82) is 0 Å². The predicted octanol–water partition coefficient (Wildman–Crippen LogP) is 4.65. The number of benzene rings is 1. The summed E-state index contributed by atoms with van der Waals surface area (Å²) in [4.78, 5) is 26.1. The van der Waals surface area contributed by atoms with Gasteiger partial charge in [0.1, 0.15) is 17.9 Å². The molecule has 4 aromatic rings. The standard InChI is InChI=1S/C30H30FN5O2/c1-18-11-21(8-7-20-9-10-38-19(2)12-20)13-26(33-18)30(37)35-28(25-14-22-5-3-4-6-24(22)34-25)29-27-15-23(31)16-36(27)17-32-29/h3-6,11,13-14,17,19-20,23,28,34H,9-10,12,15-16H2,1-2H3,(H,35,37)/t19-,20+,23-,28?/m1/s1. The van der Waals surface area contributed by atoms with Crippen LogP contribution in [0.3, 0.4) is 0 Å². The number of carbonyl (C=O) groups is 1. The molecule has 4 atom stereocenters. The molecule has 1 fully saturated rings. The van der Waals surface area contributed by atoms with Crippen LogP contribution >= 0.6 is 0 Å². The number of H-pyrrole nitrogens is 1. The smallest absolute Gasteiger partial charge is 0.270 e. The van der Waals surface area contributed by atoms with Crippen molar-refractivity contribution < 1.29 is 13.9 Å². The van der Waals surface area contributed by atoms with Gasteiger partial charge in [-0.3, -0.25) is 4.79 Å². The lowest BCUT2D eigenvalue weighted by molar-refractivity contribution is 0.0144. The quantitative estimate of drug-likeness (QED) is 0.391. The molecule has 2 N–H and O–H groups in total. The average Bonchev–Trinajstić information content (AvgIpc) is 3.59. The lowest BCUT2D eigenvalue weighted by atomic mass is 9.96. The molecular formula is C30H30FN5O2. The summed E-state index contributed by atoms with van der Waals surface area (Å²) >= 11 is 0. The number of alkyl halides is 1. The van der Waals surface area contributed by atoms with E-state index in [9.17, 15) is 9.18 Å². The molecule has 1 aromatic carbocycles. The minimum atomic E-state index is -0.955. The van der Waals surface area contributed by atoms with E-state index in [1.54, 1.807) is 12.4 Å². The van der Waals surface area contributed by atoms with E-state index >= 15 is 0 Å². The third-order valence-electron chi connectivity index (χ3n) is 7.29. The van der Waals surface area contributed by atoms with Crippen molar-refractivity contribution in [2.24, 2.45) is 5.92 Å². The monoisotopic (exact) mass is 511 g/mol. The Balaban J connectivity index is 1.31. The van der Waals surface area contributed by atoms with Gasteiger partial charge in [-0.1, -0.05) is 30.0 Å². The number of rotatable bonds is 4. The zero-order valence-corrected chi connectivity index (χ0v) is 21.5. The molecular weight excluding hydrogens is 481 g/mol. The van der Waals surface area contributed by atoms with E-state index < -0.39 is 12.2 Å². The van der Waals surface area contributed by atoms with Crippen LogP contribution in [-0.4, -0.2) is 44.3 Å². The van der Waals surface area contributed by atoms with Gasteiger partial charge in [-0.15, -0.1) is 0 Å². The first-order valence-corrected chi connectivity index (χ1v) is 13.1. The number of halogens is 1. The topological polar surface area (TPSA) is 84.8 Å². The molecule has 38 heavy (non-hydrogen) atoms. The molecule has 2 aliphatic heterocycles. The maximum absolute atomic E-state index is 14.2. The molecule has 0 spiro atoms. The van der Waals surface area contributed by atoms with Crippen LogP contribution in [-0.2, 0) is 17.7 Å². The fourth-order valence-electron chi connectivity index (χ4n) is 5.45. The number of carbonyl (C=O) groups excluding carboxylic acids is 1. The summed E-state index contributed by atoms with van der Waals surface area (Å²) in [5.41, 5.74) is 4.94. The van der Waals surface area contributed by atoms with E-state index in [4.69, 9.17) is 4.74 Å². The summed E-state index contributed by atoms with van der Waals surface area (Å²) < 4.78 is 21.7. The van der Waals surface area contributed by atoms with Crippen molar-refractivity contribution in [3.63, 3.8) is 0 Å². The maximum atomic E-state index is 14.2. The number of aryl methyl sites for hydroxylation is 1. The van der Waals surface area contributed by atoms with Crippen LogP contribution in [0.15, 0.2) is 48.8 Å². The van der Waals surface area contributed by atoms with Gasteiger partial charge in [0.15, 0.2) is 0 Å². The number of amides is 1. The molecule has 0 aliphatic carbocycles. The Morgan fingerprint density at radius 1 is 1.29 bits per heavy atom. The SMILES string of the molecule is Cc1cc(C#C[C@H]2CCO[C@H](C)C2)cc(C(=O)NC(c2cc3ccccc3[nH]2)c2ncn3c2C[C@@H](F)C3)n1. The molecule has 0 saturated carbocycles. The highest BCUT2D eigenvalue weighted by Crippen LogP contribution is 2.31. The Morgan fingerprint density at radius 3 is 3.00 bits per heavy atom. The molecule has 2 aliphatic rings. The Hall–Kier alpha value is -3.96. The number of nitrogens with one attached hydrogen (secondary N) is 2. The van der Waals surface area contributed by atoms with Crippen LogP contribution in [0.5, 0.6) is 0 Å². The Morgan fingerprint density at radius 2 is 2.16 bits per heavy atom. The molecule has 3 aromatic heterocycles. The molecule has 7 nitrogen and oxygen atoms in total. The maximum Gasteiger partial charge on any atom is 0.270 e. The van der Waals surface area contributed by atoms with Gasteiger partial charge in [0, 0.05) is 47.1 Å². The average molecular weight is 512 g/mol. The Kier molecular flexibility index (Phi) is 6.46. The zero-order chi connectivity index (χ0) is 26.2. The van der Waals surface area contributed by atoms with Gasteiger partial charge in [0.05, 0.1) is 24.7 Å². The summed E-state index contributed by atoms with van der Waals surface area (Å²) in [6, 6.07) is 13.0. The lowest BCUT2D eigenvalue weighted by Crippen LogP contribution is -2.31. The largest absolute Gasteiger partial charge is 0.378 e. The molecule has 0 radical (unpaired) electrons. The van der Waals surface area contributed by atoms with Gasteiger partial charge in [-0.2, -0.15) is 0 Å². The van der Waals surface area contributed by atoms with Crippen molar-refractivity contribution in [3.05, 3.63) is 82.8 Å². The first-order valence-electron chi connectivity index (χ1n) is 13.1. The van der Waals surface area contributed by atoms with Crippen LogP contribution in [0, 0.1) is 24.7 Å². The summed E-state index contributed by atoms with van der Waals surface area (Å²) in [6.07, 6.45) is 3.00. The number of pyridine rings is 1. The van der Waals surface area contributed by atoms with E-state index in [1.807, 2.05) is 47.9 Å². The van der Waals surface area contributed by atoms with Crippen LogP contribution in [0.1, 0.15) is 64.6 Å². The van der Waals surface area contributed by atoms with E-state index in [2.05, 4.69) is 39.0 Å². The first kappa shape index (κ1) is 24.4. The summed E-state index contributed by atoms with van der Waals surface area (Å²) in [7, 11) is 0. The minimum Gasteiger partial charge on any atom is -0.378 e. The van der Waals surface area contributed by atoms with Gasteiger partial charge >= 0.3 is 0 Å². The van der Waals surface area contributed by atoms with Gasteiger partial charge in [-0.25, -0.2) is 14.4 Å². The van der Waals surface area contributed by atoms with Gasteiger partial charge in [-0.05, 0) is 56.3 Å². The zero-order valence-electron chi connectivity index (χ0n) is 21.5. The van der Waals surface area contributed by atoms with E-state index in [0.717, 1.165) is 47.3 Å². The fourth-order valence-corrected chi connectivity index (χ4v) is 5.45. The number of ether oxygens (including phenoxy) is 1. The van der Waals surface area contributed by atoms with Crippen LogP contribution < -0.4 is 5.32 Å². The molecule has 0 bridgehead atoms. The molecule has 6 rings (SSSR count). The number of imidazole rings is 1. The van der Waals surface area contributed by atoms with Gasteiger partial charge < -0.3 is 19.6 Å². The summed E-state index contributed by atoms with van der Waals surface area (Å²) in [5.74, 6) is 6.55. The molecule has 194 valence electrons. The Bertz CT molecular complexity index is 1530. The normalized spacial score (nSPS) is 21.5. The fraction of sp³-hybridized carbons (Fsp3) is 0.367. The number of hydrogen-bond donors (Lipinski definition) is 2. The first-order chi connectivity index (χ1) is 18.4. The Labute approximate surface area is 220 Å². The summed E-state index contributed by atoms with van der Waals surface area (Å²) in [6.45, 7) is 4.93. The third kappa shape index (κ3) is 4.94. The molecule has 8 heteroatoms. The second kappa shape index (κ2) is 10.1. The highest BCUT2D eigenvalue weighted by Gasteiger charge is 2.31. The van der Waals surface area contributed by atoms with Crippen molar-refractivity contribution in [2.45, 2.75) is 58.0 Å². The number of hydrogen-bond acceptors (Lipinski definition) is 4. The molecule has 5 heterocycles.